The van der Waals surface area contributed by atoms with Crippen LogP contribution in [0.25, 0.3) is 10.9 Å². The van der Waals surface area contributed by atoms with Gasteiger partial charge in [0.1, 0.15) is 0 Å². The van der Waals surface area contributed by atoms with Crippen LogP contribution in [0.1, 0.15) is 12.6 Å². The standard InChI is InChI=1S/C12H15N3/c1-2-14-8-9-7-11(13)10-5-3-4-6-12(10)15-9/h3-7,14H,2,8H2,1H3,(H2,13,15). The lowest BCUT2D eigenvalue weighted by Gasteiger charge is -2.06. The highest BCUT2D eigenvalue weighted by Crippen LogP contribution is 2.19. The second-order valence-electron chi connectivity index (χ2n) is 3.50. The maximum Gasteiger partial charge on any atom is 0.0726 e. The third-order valence-corrected chi connectivity index (χ3v) is 2.36. The van der Waals surface area contributed by atoms with Crippen molar-refractivity contribution in [1.82, 2.24) is 10.3 Å². The molecule has 0 saturated carbocycles. The average Bonchev–Trinajstić information content (AvgIpc) is 2.26. The number of rotatable bonds is 3. The Balaban J connectivity index is 2.43. The van der Waals surface area contributed by atoms with E-state index in [4.69, 9.17) is 5.73 Å². The first kappa shape index (κ1) is 9.93. The zero-order valence-corrected chi connectivity index (χ0v) is 8.83. The molecular formula is C12H15N3. The highest BCUT2D eigenvalue weighted by molar-refractivity contribution is 5.90. The highest BCUT2D eigenvalue weighted by Gasteiger charge is 2.01. The number of hydrogen-bond acceptors (Lipinski definition) is 3. The molecule has 3 heteroatoms. The number of anilines is 1. The van der Waals surface area contributed by atoms with E-state index in [1.807, 2.05) is 30.3 Å². The Bertz CT molecular complexity index is 465. The molecule has 1 heterocycles. The van der Waals surface area contributed by atoms with E-state index in [-0.39, 0.29) is 0 Å². The first-order valence-corrected chi connectivity index (χ1v) is 5.16. The summed E-state index contributed by atoms with van der Waals surface area (Å²) in [5, 5.41) is 4.26. The molecule has 0 unspecified atom stereocenters. The molecule has 0 radical (unpaired) electrons. The number of fused-ring (bicyclic) bond motifs is 1. The van der Waals surface area contributed by atoms with Gasteiger partial charge in [-0.1, -0.05) is 25.1 Å². The SMILES string of the molecule is CCNCc1cc(N)c2ccccc2n1. The van der Waals surface area contributed by atoms with Crippen LogP contribution in [0.5, 0.6) is 0 Å². The fourth-order valence-electron chi connectivity index (χ4n) is 1.60. The molecule has 2 aromatic rings. The fraction of sp³-hybridized carbons (Fsp3) is 0.250. The number of para-hydroxylation sites is 1. The van der Waals surface area contributed by atoms with Crippen LogP contribution in [0.2, 0.25) is 0 Å². The number of hydrogen-bond donors (Lipinski definition) is 2. The highest BCUT2D eigenvalue weighted by atomic mass is 14.9. The molecule has 0 aliphatic rings. The van der Waals surface area contributed by atoms with Crippen LogP contribution in [-0.4, -0.2) is 11.5 Å². The van der Waals surface area contributed by atoms with E-state index >= 15 is 0 Å². The van der Waals surface area contributed by atoms with Gasteiger partial charge in [-0.25, -0.2) is 0 Å². The smallest absolute Gasteiger partial charge is 0.0726 e. The number of benzene rings is 1. The zero-order chi connectivity index (χ0) is 10.7. The monoisotopic (exact) mass is 201 g/mol. The van der Waals surface area contributed by atoms with Crippen LogP contribution >= 0.6 is 0 Å². The van der Waals surface area contributed by atoms with Gasteiger partial charge in [0.05, 0.1) is 11.2 Å². The van der Waals surface area contributed by atoms with Gasteiger partial charge in [-0.05, 0) is 18.7 Å². The molecule has 15 heavy (non-hydrogen) atoms. The van der Waals surface area contributed by atoms with Crippen LogP contribution in [0.15, 0.2) is 30.3 Å². The van der Waals surface area contributed by atoms with Crippen LogP contribution < -0.4 is 11.1 Å². The molecule has 78 valence electrons. The Morgan fingerprint density at radius 2 is 2.13 bits per heavy atom. The minimum absolute atomic E-state index is 0.769. The normalized spacial score (nSPS) is 10.7. The summed E-state index contributed by atoms with van der Waals surface area (Å²) in [5.41, 5.74) is 8.72. The maximum absolute atomic E-state index is 5.96. The number of nitrogen functional groups attached to an aromatic ring is 1. The number of pyridine rings is 1. The Hall–Kier alpha value is -1.61. The Kier molecular flexibility index (Phi) is 2.83. The molecule has 0 fully saturated rings. The second kappa shape index (κ2) is 4.28. The van der Waals surface area contributed by atoms with Gasteiger partial charge in [-0.15, -0.1) is 0 Å². The molecule has 0 aliphatic heterocycles. The van der Waals surface area contributed by atoms with Crippen molar-refractivity contribution in [3.63, 3.8) is 0 Å². The summed E-state index contributed by atoms with van der Waals surface area (Å²) in [7, 11) is 0. The van der Waals surface area contributed by atoms with Crippen molar-refractivity contribution in [2.24, 2.45) is 0 Å². The van der Waals surface area contributed by atoms with Crippen molar-refractivity contribution in [2.45, 2.75) is 13.5 Å². The topological polar surface area (TPSA) is 50.9 Å². The van der Waals surface area contributed by atoms with E-state index in [0.29, 0.717) is 0 Å². The van der Waals surface area contributed by atoms with E-state index in [1.165, 1.54) is 0 Å². The van der Waals surface area contributed by atoms with E-state index in [2.05, 4.69) is 17.2 Å². The van der Waals surface area contributed by atoms with E-state index in [0.717, 1.165) is 35.4 Å². The van der Waals surface area contributed by atoms with Crippen molar-refractivity contribution in [1.29, 1.82) is 0 Å². The van der Waals surface area contributed by atoms with Gasteiger partial charge < -0.3 is 11.1 Å². The molecule has 2 rings (SSSR count). The van der Waals surface area contributed by atoms with E-state index in [9.17, 15) is 0 Å². The molecule has 1 aromatic carbocycles. The lowest BCUT2D eigenvalue weighted by molar-refractivity contribution is 0.713. The van der Waals surface area contributed by atoms with Gasteiger partial charge in [-0.2, -0.15) is 0 Å². The Morgan fingerprint density at radius 3 is 2.93 bits per heavy atom. The lowest BCUT2D eigenvalue weighted by atomic mass is 10.1. The van der Waals surface area contributed by atoms with Crippen molar-refractivity contribution in [2.75, 3.05) is 12.3 Å². The largest absolute Gasteiger partial charge is 0.398 e. The fourth-order valence-corrected chi connectivity index (χ4v) is 1.60. The summed E-state index contributed by atoms with van der Waals surface area (Å²) >= 11 is 0. The zero-order valence-electron chi connectivity index (χ0n) is 8.83. The third-order valence-electron chi connectivity index (χ3n) is 2.36. The molecule has 3 N–H and O–H groups in total. The molecule has 0 atom stereocenters. The quantitative estimate of drug-likeness (QED) is 0.797. The van der Waals surface area contributed by atoms with Crippen LogP contribution in [0.3, 0.4) is 0 Å². The summed E-state index contributed by atoms with van der Waals surface area (Å²) in [6, 6.07) is 9.87. The molecular weight excluding hydrogens is 186 g/mol. The van der Waals surface area contributed by atoms with Gasteiger partial charge in [-0.3, -0.25) is 4.98 Å². The predicted molar refractivity (Wildman–Crippen MR) is 63.5 cm³/mol. The second-order valence-corrected chi connectivity index (χ2v) is 3.50. The maximum atomic E-state index is 5.96. The first-order chi connectivity index (χ1) is 7.31. The molecule has 3 nitrogen and oxygen atoms in total. The molecule has 0 amide bonds. The van der Waals surface area contributed by atoms with Gasteiger partial charge in [0.25, 0.3) is 0 Å². The minimum atomic E-state index is 0.769. The van der Waals surface area contributed by atoms with E-state index in [1.54, 1.807) is 0 Å². The summed E-state index contributed by atoms with van der Waals surface area (Å²) in [6.07, 6.45) is 0. The van der Waals surface area contributed by atoms with Crippen LogP contribution in [0, 0.1) is 0 Å². The number of aromatic nitrogens is 1. The summed E-state index contributed by atoms with van der Waals surface area (Å²) in [5.74, 6) is 0. The van der Waals surface area contributed by atoms with Crippen molar-refractivity contribution in [3.05, 3.63) is 36.0 Å². The lowest BCUT2D eigenvalue weighted by Crippen LogP contribution is -2.13. The number of nitrogens with zero attached hydrogens (tertiary/aromatic N) is 1. The van der Waals surface area contributed by atoms with Crippen molar-refractivity contribution < 1.29 is 0 Å². The molecule has 0 bridgehead atoms. The molecule has 0 saturated heterocycles. The van der Waals surface area contributed by atoms with E-state index < -0.39 is 0 Å². The molecule has 0 aliphatic carbocycles. The van der Waals surface area contributed by atoms with Gasteiger partial charge >= 0.3 is 0 Å². The van der Waals surface area contributed by atoms with Crippen molar-refractivity contribution in [3.8, 4) is 0 Å². The van der Waals surface area contributed by atoms with Gasteiger partial charge in [0, 0.05) is 17.6 Å². The van der Waals surface area contributed by atoms with Crippen LogP contribution in [-0.2, 0) is 6.54 Å². The molecule has 1 aromatic heterocycles. The predicted octanol–water partition coefficient (Wildman–Crippen LogP) is 1.93. The number of nitrogens with two attached hydrogens (primary N) is 1. The minimum Gasteiger partial charge on any atom is -0.398 e. The Morgan fingerprint density at radius 1 is 1.33 bits per heavy atom. The average molecular weight is 201 g/mol. The first-order valence-electron chi connectivity index (χ1n) is 5.16. The number of nitrogens with one attached hydrogen (secondary N) is 1. The summed E-state index contributed by atoms with van der Waals surface area (Å²) in [4.78, 5) is 4.53. The summed E-state index contributed by atoms with van der Waals surface area (Å²) < 4.78 is 0. The summed E-state index contributed by atoms with van der Waals surface area (Å²) in [6.45, 7) is 3.78. The van der Waals surface area contributed by atoms with Crippen LogP contribution in [0.4, 0.5) is 5.69 Å². The third kappa shape index (κ3) is 2.07. The van der Waals surface area contributed by atoms with Gasteiger partial charge in [0.2, 0.25) is 0 Å². The van der Waals surface area contributed by atoms with Gasteiger partial charge in [0.15, 0.2) is 0 Å². The van der Waals surface area contributed by atoms with Crippen molar-refractivity contribution >= 4 is 16.6 Å². The Labute approximate surface area is 89.3 Å². The molecule has 0 spiro atoms.